The second-order valence-corrected chi connectivity index (χ2v) is 7.59. The van der Waals surface area contributed by atoms with Crippen molar-refractivity contribution in [2.24, 2.45) is 0 Å². The van der Waals surface area contributed by atoms with Crippen molar-refractivity contribution in [3.63, 3.8) is 0 Å². The smallest absolute Gasteiger partial charge is 0.266 e. The van der Waals surface area contributed by atoms with Crippen molar-refractivity contribution in [2.45, 2.75) is 19.8 Å². The molecule has 0 atom stereocenters. The van der Waals surface area contributed by atoms with E-state index in [1.54, 1.807) is 30.1 Å². The maximum absolute atomic E-state index is 13.0. The number of carbonyl (C=O) groups excluding carboxylic acids is 2. The molecule has 2 aromatic carbocycles. The van der Waals surface area contributed by atoms with Crippen molar-refractivity contribution in [2.75, 3.05) is 23.9 Å². The van der Waals surface area contributed by atoms with Gasteiger partial charge >= 0.3 is 0 Å². The van der Waals surface area contributed by atoms with Crippen LogP contribution in [-0.4, -0.2) is 25.5 Å². The number of benzene rings is 2. The number of ether oxygens (including phenoxy) is 1. The predicted octanol–water partition coefficient (Wildman–Crippen LogP) is 4.46. The first-order chi connectivity index (χ1) is 13.1. The van der Waals surface area contributed by atoms with E-state index in [1.165, 1.54) is 11.3 Å². The summed E-state index contributed by atoms with van der Waals surface area (Å²) in [4.78, 5) is 27.0. The minimum absolute atomic E-state index is 0.0118. The van der Waals surface area contributed by atoms with Gasteiger partial charge in [-0.25, -0.2) is 0 Å². The van der Waals surface area contributed by atoms with Crippen LogP contribution in [0.5, 0.6) is 5.75 Å². The number of aryl methyl sites for hydroxylation is 1. The van der Waals surface area contributed by atoms with Crippen molar-refractivity contribution in [3.05, 3.63) is 52.9 Å². The van der Waals surface area contributed by atoms with E-state index in [2.05, 4.69) is 24.4 Å². The summed E-state index contributed by atoms with van der Waals surface area (Å²) in [6, 6.07) is 13.5. The zero-order valence-electron chi connectivity index (χ0n) is 15.2. The summed E-state index contributed by atoms with van der Waals surface area (Å²) >= 11 is 1.52. The predicted molar refractivity (Wildman–Crippen MR) is 109 cm³/mol. The van der Waals surface area contributed by atoms with Crippen LogP contribution in [0.1, 0.15) is 28.6 Å². The second kappa shape index (κ2) is 7.04. The molecule has 0 fully saturated rings. The number of hydrogen-bond donors (Lipinski definition) is 1. The third kappa shape index (κ3) is 3.17. The molecule has 3 aromatic rings. The van der Waals surface area contributed by atoms with E-state index < -0.39 is 0 Å². The van der Waals surface area contributed by atoms with Gasteiger partial charge in [0.05, 0.1) is 10.6 Å². The van der Waals surface area contributed by atoms with Crippen molar-refractivity contribution in [1.29, 1.82) is 0 Å². The summed E-state index contributed by atoms with van der Waals surface area (Å²) in [5.74, 6) is 0.397. The van der Waals surface area contributed by atoms with Gasteiger partial charge in [-0.3, -0.25) is 9.59 Å². The molecule has 4 rings (SSSR count). The molecule has 6 heteroatoms. The van der Waals surface area contributed by atoms with Gasteiger partial charge in [0.2, 0.25) is 0 Å². The molecular formula is C21H20N2O3S. The molecule has 1 N–H and O–H groups in total. The van der Waals surface area contributed by atoms with Crippen LogP contribution < -0.4 is 15.0 Å². The molecule has 0 spiro atoms. The van der Waals surface area contributed by atoms with Crippen LogP contribution in [0.3, 0.4) is 0 Å². The molecule has 0 unspecified atom stereocenters. The van der Waals surface area contributed by atoms with Gasteiger partial charge in [-0.1, -0.05) is 31.5 Å². The van der Waals surface area contributed by atoms with E-state index in [9.17, 15) is 9.59 Å². The number of anilines is 2. The van der Waals surface area contributed by atoms with Crippen LogP contribution in [0, 0.1) is 0 Å². The molecule has 0 saturated heterocycles. The molecule has 1 aliphatic rings. The van der Waals surface area contributed by atoms with Crippen molar-refractivity contribution in [3.8, 4) is 5.75 Å². The van der Waals surface area contributed by atoms with Crippen LogP contribution in [0.2, 0.25) is 0 Å². The number of thiophene rings is 1. The Morgan fingerprint density at radius 2 is 2.07 bits per heavy atom. The average molecular weight is 380 g/mol. The van der Waals surface area contributed by atoms with E-state index in [4.69, 9.17) is 4.74 Å². The van der Waals surface area contributed by atoms with Gasteiger partial charge in [-0.05, 0) is 35.6 Å². The van der Waals surface area contributed by atoms with Crippen LogP contribution in [0.4, 0.5) is 11.4 Å². The highest BCUT2D eigenvalue weighted by molar-refractivity contribution is 7.21. The molecule has 0 radical (unpaired) electrons. The Hall–Kier alpha value is -2.86. The first-order valence-electron chi connectivity index (χ1n) is 8.93. The number of rotatable bonds is 4. The second-order valence-electron chi connectivity index (χ2n) is 6.53. The fraction of sp³-hybridized carbons (Fsp3) is 0.238. The SMILES string of the molecule is CCCc1c(C(=O)Nc2ccc3c(c2)OCC(=O)N3C)sc2ccccc12. The normalized spacial score (nSPS) is 13.4. The van der Waals surface area contributed by atoms with Crippen molar-refractivity contribution in [1.82, 2.24) is 0 Å². The Kier molecular flexibility index (Phi) is 4.58. The minimum Gasteiger partial charge on any atom is -0.481 e. The summed E-state index contributed by atoms with van der Waals surface area (Å²) in [6.45, 7) is 2.13. The maximum Gasteiger partial charge on any atom is 0.266 e. The first kappa shape index (κ1) is 17.5. The molecule has 1 aromatic heterocycles. The number of amides is 2. The quantitative estimate of drug-likeness (QED) is 0.727. The zero-order valence-corrected chi connectivity index (χ0v) is 16.1. The van der Waals surface area contributed by atoms with E-state index in [0.29, 0.717) is 17.1 Å². The van der Waals surface area contributed by atoms with Crippen LogP contribution in [-0.2, 0) is 11.2 Å². The van der Waals surface area contributed by atoms with Gasteiger partial charge in [0.1, 0.15) is 5.75 Å². The lowest BCUT2D eigenvalue weighted by Gasteiger charge is -2.26. The lowest BCUT2D eigenvalue weighted by Crippen LogP contribution is -2.35. The monoisotopic (exact) mass is 380 g/mol. The molecular weight excluding hydrogens is 360 g/mol. The van der Waals surface area contributed by atoms with E-state index >= 15 is 0 Å². The average Bonchev–Trinajstić information content (AvgIpc) is 3.04. The highest BCUT2D eigenvalue weighted by Gasteiger charge is 2.23. The van der Waals surface area contributed by atoms with Crippen molar-refractivity contribution >= 4 is 44.6 Å². The summed E-state index contributed by atoms with van der Waals surface area (Å²) in [7, 11) is 1.72. The number of likely N-dealkylation sites (N-methyl/N-ethyl adjacent to an activating group) is 1. The standard InChI is InChI=1S/C21H20N2O3S/c1-3-6-15-14-7-4-5-8-18(14)27-20(15)21(25)22-13-9-10-16-17(11-13)26-12-19(24)23(16)2/h4-5,7-11H,3,6,12H2,1-2H3,(H,22,25). The molecule has 5 nitrogen and oxygen atoms in total. The third-order valence-electron chi connectivity index (χ3n) is 4.71. The van der Waals surface area contributed by atoms with Gasteiger partial charge < -0.3 is 15.0 Å². The third-order valence-corrected chi connectivity index (χ3v) is 5.92. The lowest BCUT2D eigenvalue weighted by molar-refractivity contribution is -0.120. The Morgan fingerprint density at radius 3 is 2.89 bits per heavy atom. The number of hydrogen-bond acceptors (Lipinski definition) is 4. The topological polar surface area (TPSA) is 58.6 Å². The molecule has 0 bridgehead atoms. The maximum atomic E-state index is 13.0. The molecule has 2 amide bonds. The van der Waals surface area contributed by atoms with E-state index in [-0.39, 0.29) is 18.4 Å². The number of nitrogens with one attached hydrogen (secondary N) is 1. The first-order valence-corrected chi connectivity index (χ1v) is 9.75. The van der Waals surface area contributed by atoms with Crippen LogP contribution in [0.25, 0.3) is 10.1 Å². The van der Waals surface area contributed by atoms with Crippen LogP contribution >= 0.6 is 11.3 Å². The van der Waals surface area contributed by atoms with Gasteiger partial charge in [0.15, 0.2) is 6.61 Å². The molecule has 0 aliphatic carbocycles. The molecule has 27 heavy (non-hydrogen) atoms. The van der Waals surface area contributed by atoms with Gasteiger partial charge in [0.25, 0.3) is 11.8 Å². The van der Waals surface area contributed by atoms with E-state index in [0.717, 1.165) is 33.4 Å². The number of carbonyl (C=O) groups is 2. The molecule has 0 saturated carbocycles. The number of fused-ring (bicyclic) bond motifs is 2. The van der Waals surface area contributed by atoms with Gasteiger partial charge in [-0.15, -0.1) is 11.3 Å². The Balaban J connectivity index is 1.64. The summed E-state index contributed by atoms with van der Waals surface area (Å²) in [5.41, 5.74) is 2.47. The number of nitrogens with zero attached hydrogens (tertiary/aromatic N) is 1. The highest BCUT2D eigenvalue weighted by atomic mass is 32.1. The summed E-state index contributed by atoms with van der Waals surface area (Å²) in [5, 5.41) is 4.14. The molecule has 1 aliphatic heterocycles. The fourth-order valence-electron chi connectivity index (χ4n) is 3.32. The van der Waals surface area contributed by atoms with Gasteiger partial charge in [-0.2, -0.15) is 0 Å². The molecule has 138 valence electrons. The fourth-order valence-corrected chi connectivity index (χ4v) is 4.47. The molecule has 2 heterocycles. The Bertz CT molecular complexity index is 1040. The largest absolute Gasteiger partial charge is 0.481 e. The Morgan fingerprint density at radius 1 is 1.26 bits per heavy atom. The zero-order chi connectivity index (χ0) is 19.0. The highest BCUT2D eigenvalue weighted by Crippen LogP contribution is 2.35. The Labute approximate surface area is 161 Å². The minimum atomic E-state index is -0.111. The summed E-state index contributed by atoms with van der Waals surface area (Å²) < 4.78 is 6.63. The lowest BCUT2D eigenvalue weighted by atomic mass is 10.1. The van der Waals surface area contributed by atoms with Gasteiger partial charge in [0, 0.05) is 23.5 Å². The summed E-state index contributed by atoms with van der Waals surface area (Å²) in [6.07, 6.45) is 1.85. The van der Waals surface area contributed by atoms with Crippen LogP contribution in [0.15, 0.2) is 42.5 Å². The van der Waals surface area contributed by atoms with E-state index in [1.807, 2.05) is 12.1 Å². The van der Waals surface area contributed by atoms with Crippen molar-refractivity contribution < 1.29 is 14.3 Å².